The number of hydrogen-bond donors (Lipinski definition) is 1. The minimum absolute atomic E-state index is 0. The first-order valence-electron chi connectivity index (χ1n) is 10.0. The molecule has 0 unspecified atom stereocenters. The van der Waals surface area contributed by atoms with E-state index >= 15 is 0 Å². The fraction of sp³-hybridized carbons (Fsp3) is 0.435. The van der Waals surface area contributed by atoms with Crippen LogP contribution in [0.25, 0.3) is 0 Å². The van der Waals surface area contributed by atoms with Gasteiger partial charge in [-0.3, -0.25) is 4.90 Å². The Balaban J connectivity index is 0.00000300. The molecule has 0 aromatic heterocycles. The van der Waals surface area contributed by atoms with Gasteiger partial charge in [0.2, 0.25) is 0 Å². The van der Waals surface area contributed by atoms with Crippen LogP contribution >= 0.6 is 13.5 Å². The zero-order valence-electron chi connectivity index (χ0n) is 17.0. The molecular weight excluding hydrogens is 384 g/mol. The third-order valence-corrected chi connectivity index (χ3v) is 5.25. The number of nitrogens with zero attached hydrogens (tertiary/aromatic N) is 2. The molecule has 1 fully saturated rings. The first-order chi connectivity index (χ1) is 13.6. The minimum atomic E-state index is -0.296. The Bertz CT molecular complexity index is 680. The molecule has 1 atom stereocenters. The number of carbonyl (C=O) groups is 1. The van der Waals surface area contributed by atoms with Gasteiger partial charge < -0.3 is 14.7 Å². The van der Waals surface area contributed by atoms with Crippen molar-refractivity contribution in [3.8, 4) is 0 Å². The summed E-state index contributed by atoms with van der Waals surface area (Å²) in [4.78, 5) is 16.4. The lowest BCUT2D eigenvalue weighted by Crippen LogP contribution is -2.42. The number of likely N-dealkylation sites (tertiary alicyclic amines) is 1. The van der Waals surface area contributed by atoms with Crippen LogP contribution in [0.4, 0.5) is 4.79 Å². The normalized spacial score (nSPS) is 15.6. The average molecular weight is 417 g/mol. The molecule has 1 N–H and O–H groups in total. The van der Waals surface area contributed by atoms with Gasteiger partial charge in [0.1, 0.15) is 6.61 Å². The zero-order valence-corrected chi connectivity index (χ0v) is 18.0. The lowest BCUT2D eigenvalue weighted by Gasteiger charge is -2.32. The number of aliphatic hydroxyl groups excluding tert-OH is 1. The number of rotatable bonds is 7. The topological polar surface area (TPSA) is 53.0 Å². The van der Waals surface area contributed by atoms with E-state index in [0.29, 0.717) is 32.5 Å². The number of piperidine rings is 1. The number of amides is 1. The number of carbonyl (C=O) groups excluding carboxylic acids is 1. The molecule has 1 heterocycles. The molecule has 0 radical (unpaired) electrons. The van der Waals surface area contributed by atoms with Crippen molar-refractivity contribution in [2.75, 3.05) is 19.7 Å². The fourth-order valence-electron chi connectivity index (χ4n) is 3.44. The Labute approximate surface area is 180 Å². The highest BCUT2D eigenvalue weighted by Gasteiger charge is 2.24. The van der Waals surface area contributed by atoms with Crippen molar-refractivity contribution < 1.29 is 14.6 Å². The summed E-state index contributed by atoms with van der Waals surface area (Å²) in [6, 6.07) is 20.8. The molecule has 5 nitrogen and oxygen atoms in total. The van der Waals surface area contributed by atoms with Gasteiger partial charge in [0, 0.05) is 32.2 Å². The van der Waals surface area contributed by atoms with Gasteiger partial charge >= 0.3 is 6.09 Å². The molecule has 1 saturated heterocycles. The SMILES string of the molecule is C[C@@H](COC(=O)N1CCC(O)CC1)N(Cc1ccccc1)Cc1ccccc1.S. The van der Waals surface area contributed by atoms with Crippen molar-refractivity contribution in [3.05, 3.63) is 71.8 Å². The van der Waals surface area contributed by atoms with Crippen molar-refractivity contribution in [2.24, 2.45) is 0 Å². The summed E-state index contributed by atoms with van der Waals surface area (Å²) in [5, 5.41) is 9.59. The van der Waals surface area contributed by atoms with E-state index in [1.165, 1.54) is 11.1 Å². The van der Waals surface area contributed by atoms with Crippen LogP contribution in [0.1, 0.15) is 30.9 Å². The number of benzene rings is 2. The van der Waals surface area contributed by atoms with Crippen molar-refractivity contribution in [2.45, 2.75) is 45.0 Å². The highest BCUT2D eigenvalue weighted by molar-refractivity contribution is 7.59. The molecule has 1 aliphatic rings. The predicted molar refractivity (Wildman–Crippen MR) is 120 cm³/mol. The summed E-state index contributed by atoms with van der Waals surface area (Å²) in [5.41, 5.74) is 2.48. The molecule has 0 bridgehead atoms. The Morgan fingerprint density at radius 1 is 1.03 bits per heavy atom. The summed E-state index contributed by atoms with van der Waals surface area (Å²) in [6.45, 7) is 5.16. The predicted octanol–water partition coefficient (Wildman–Crippen LogP) is 3.78. The van der Waals surface area contributed by atoms with E-state index in [1.54, 1.807) is 4.90 Å². The van der Waals surface area contributed by atoms with Gasteiger partial charge in [-0.1, -0.05) is 60.7 Å². The molecule has 0 spiro atoms. The van der Waals surface area contributed by atoms with Crippen LogP contribution in [0.5, 0.6) is 0 Å². The first kappa shape index (κ1) is 23.3. The van der Waals surface area contributed by atoms with E-state index in [9.17, 15) is 9.90 Å². The van der Waals surface area contributed by atoms with E-state index < -0.39 is 0 Å². The Morgan fingerprint density at radius 3 is 2.00 bits per heavy atom. The first-order valence-corrected chi connectivity index (χ1v) is 10.0. The third-order valence-electron chi connectivity index (χ3n) is 5.25. The van der Waals surface area contributed by atoms with Crippen LogP contribution < -0.4 is 0 Å². The van der Waals surface area contributed by atoms with Crippen molar-refractivity contribution in [1.82, 2.24) is 9.80 Å². The second-order valence-electron chi connectivity index (χ2n) is 7.52. The van der Waals surface area contributed by atoms with Crippen LogP contribution in [0, 0.1) is 0 Å². The van der Waals surface area contributed by atoms with Gasteiger partial charge in [-0.25, -0.2) is 4.79 Å². The second kappa shape index (κ2) is 11.9. The number of ether oxygens (including phenoxy) is 1. The molecule has 2 aromatic rings. The fourth-order valence-corrected chi connectivity index (χ4v) is 3.44. The molecular formula is C23H32N2O3S. The number of aliphatic hydroxyl groups is 1. The molecule has 0 aliphatic carbocycles. The summed E-state index contributed by atoms with van der Waals surface area (Å²) in [7, 11) is 0. The highest BCUT2D eigenvalue weighted by Crippen LogP contribution is 2.15. The zero-order chi connectivity index (χ0) is 19.8. The van der Waals surface area contributed by atoms with Crippen LogP contribution in [-0.4, -0.2) is 52.8 Å². The van der Waals surface area contributed by atoms with E-state index in [4.69, 9.17) is 4.74 Å². The Hall–Kier alpha value is -2.02. The molecule has 1 amide bonds. The largest absolute Gasteiger partial charge is 0.448 e. The third kappa shape index (κ3) is 7.38. The molecule has 1 aliphatic heterocycles. The van der Waals surface area contributed by atoms with Gasteiger partial charge in [-0.15, -0.1) is 0 Å². The molecule has 6 heteroatoms. The van der Waals surface area contributed by atoms with Gasteiger partial charge in [0.05, 0.1) is 6.10 Å². The van der Waals surface area contributed by atoms with E-state index in [-0.39, 0.29) is 31.7 Å². The van der Waals surface area contributed by atoms with Crippen LogP contribution in [0.3, 0.4) is 0 Å². The maximum atomic E-state index is 12.4. The van der Waals surface area contributed by atoms with Crippen LogP contribution in [0.15, 0.2) is 60.7 Å². The minimum Gasteiger partial charge on any atom is -0.448 e. The summed E-state index contributed by atoms with van der Waals surface area (Å²) < 4.78 is 5.60. The molecule has 0 saturated carbocycles. The molecule has 2 aromatic carbocycles. The van der Waals surface area contributed by atoms with Crippen molar-refractivity contribution in [1.29, 1.82) is 0 Å². The maximum absolute atomic E-state index is 12.4. The summed E-state index contributed by atoms with van der Waals surface area (Å²) >= 11 is 0. The Kier molecular flexibility index (Phi) is 9.51. The van der Waals surface area contributed by atoms with E-state index in [1.807, 2.05) is 36.4 Å². The van der Waals surface area contributed by atoms with Crippen LogP contribution in [0.2, 0.25) is 0 Å². The van der Waals surface area contributed by atoms with Crippen LogP contribution in [-0.2, 0) is 17.8 Å². The van der Waals surface area contributed by atoms with Crippen molar-refractivity contribution in [3.63, 3.8) is 0 Å². The lowest BCUT2D eigenvalue weighted by molar-refractivity contribution is 0.0416. The highest BCUT2D eigenvalue weighted by atomic mass is 32.1. The monoisotopic (exact) mass is 416 g/mol. The lowest BCUT2D eigenvalue weighted by atomic mass is 10.1. The number of hydrogen-bond acceptors (Lipinski definition) is 4. The smallest absolute Gasteiger partial charge is 0.409 e. The van der Waals surface area contributed by atoms with Gasteiger partial charge in [-0.05, 0) is 30.9 Å². The quantitative estimate of drug-likeness (QED) is 0.746. The summed E-state index contributed by atoms with van der Waals surface area (Å²) in [5.74, 6) is 0. The summed E-state index contributed by atoms with van der Waals surface area (Å²) in [6.07, 6.45) is 0.672. The second-order valence-corrected chi connectivity index (χ2v) is 7.52. The standard InChI is InChI=1S/C23H30N2O3.H2S/c1-19(18-28-23(27)24-14-12-22(26)13-15-24)25(16-20-8-4-2-5-9-20)17-21-10-6-3-7-11-21;/h2-11,19,22,26H,12-18H2,1H3;1H2/t19-;/m0./s1. The Morgan fingerprint density at radius 2 is 1.52 bits per heavy atom. The molecule has 158 valence electrons. The van der Waals surface area contributed by atoms with Gasteiger partial charge in [0.15, 0.2) is 0 Å². The van der Waals surface area contributed by atoms with E-state index in [0.717, 1.165) is 13.1 Å². The molecule has 3 rings (SSSR count). The maximum Gasteiger partial charge on any atom is 0.409 e. The molecule has 29 heavy (non-hydrogen) atoms. The van der Waals surface area contributed by atoms with Crippen molar-refractivity contribution >= 4 is 19.6 Å². The average Bonchev–Trinajstić information content (AvgIpc) is 2.73. The van der Waals surface area contributed by atoms with Gasteiger partial charge in [-0.2, -0.15) is 13.5 Å². The van der Waals surface area contributed by atoms with E-state index in [2.05, 4.69) is 36.1 Å². The van der Waals surface area contributed by atoms with Gasteiger partial charge in [0.25, 0.3) is 0 Å².